The number of nitrogens with zero attached hydrogens (tertiary/aromatic N) is 1. The first-order chi connectivity index (χ1) is 9.81. The van der Waals surface area contributed by atoms with E-state index >= 15 is 0 Å². The molecule has 116 valence electrons. The lowest BCUT2D eigenvalue weighted by molar-refractivity contribution is -0.122. The summed E-state index contributed by atoms with van der Waals surface area (Å²) in [6, 6.07) is 5.58. The molecule has 0 unspecified atom stereocenters. The van der Waals surface area contributed by atoms with Crippen LogP contribution in [0.2, 0.25) is 5.02 Å². The molecule has 0 aliphatic heterocycles. The molecule has 1 amide bonds. The number of halogens is 1. The maximum atomic E-state index is 12.2. The van der Waals surface area contributed by atoms with E-state index in [0.717, 1.165) is 10.6 Å². The molecule has 0 spiro atoms. The minimum Gasteiger partial charge on any atom is -0.351 e. The van der Waals surface area contributed by atoms with E-state index in [0.29, 0.717) is 17.1 Å². The van der Waals surface area contributed by atoms with Crippen molar-refractivity contribution in [2.75, 3.05) is 17.1 Å². The highest BCUT2D eigenvalue weighted by Gasteiger charge is 2.31. The Hall–Kier alpha value is -1.53. The van der Waals surface area contributed by atoms with Gasteiger partial charge >= 0.3 is 0 Å². The second-order valence-corrected chi connectivity index (χ2v) is 6.79. The van der Waals surface area contributed by atoms with Gasteiger partial charge in [-0.1, -0.05) is 30.7 Å². The molecule has 21 heavy (non-hydrogen) atoms. The van der Waals surface area contributed by atoms with Crippen LogP contribution < -0.4 is 9.62 Å². The van der Waals surface area contributed by atoms with Crippen LogP contribution in [0.25, 0.3) is 0 Å². The van der Waals surface area contributed by atoms with E-state index in [9.17, 15) is 13.2 Å². The van der Waals surface area contributed by atoms with Crippen molar-refractivity contribution in [3.05, 3.63) is 41.9 Å². The van der Waals surface area contributed by atoms with Crippen molar-refractivity contribution in [1.82, 2.24) is 5.32 Å². The van der Waals surface area contributed by atoms with Gasteiger partial charge in [0.15, 0.2) is 0 Å². The second-order valence-electron chi connectivity index (χ2n) is 4.50. The number of benzene rings is 1. The highest BCUT2D eigenvalue weighted by molar-refractivity contribution is 7.92. The summed E-state index contributed by atoms with van der Waals surface area (Å²) in [7, 11) is -3.63. The summed E-state index contributed by atoms with van der Waals surface area (Å²) in [4.78, 5) is 12.2. The molecule has 1 atom stereocenters. The van der Waals surface area contributed by atoms with E-state index in [-0.39, 0.29) is 12.5 Å². The molecule has 0 bridgehead atoms. The molecule has 0 fully saturated rings. The lowest BCUT2D eigenvalue weighted by Gasteiger charge is -2.30. The normalized spacial score (nSPS) is 12.5. The van der Waals surface area contributed by atoms with E-state index < -0.39 is 16.1 Å². The Morgan fingerprint density at radius 3 is 2.67 bits per heavy atom. The molecule has 0 heterocycles. The molecule has 0 aliphatic rings. The molecule has 7 heteroatoms. The SMILES string of the molecule is C=CCNC(=O)[C@@H](CC)N(c1cccc(Cl)c1)S(C)(=O)=O. The topological polar surface area (TPSA) is 66.5 Å². The average Bonchev–Trinajstić information content (AvgIpc) is 2.40. The summed E-state index contributed by atoms with van der Waals surface area (Å²) in [5.41, 5.74) is 0.366. The number of rotatable bonds is 7. The van der Waals surface area contributed by atoms with Crippen LogP contribution in [-0.2, 0) is 14.8 Å². The molecular weight excluding hydrogens is 312 g/mol. The van der Waals surface area contributed by atoms with E-state index in [1.165, 1.54) is 12.1 Å². The molecule has 1 N–H and O–H groups in total. The number of nitrogens with one attached hydrogen (secondary N) is 1. The molecule has 0 saturated carbocycles. The lowest BCUT2D eigenvalue weighted by Crippen LogP contribution is -2.49. The van der Waals surface area contributed by atoms with Crippen molar-refractivity contribution in [2.24, 2.45) is 0 Å². The summed E-state index contributed by atoms with van der Waals surface area (Å²) >= 11 is 5.91. The Morgan fingerprint density at radius 1 is 1.52 bits per heavy atom. The Kier molecular flexibility index (Phi) is 6.23. The number of carbonyl (C=O) groups is 1. The van der Waals surface area contributed by atoms with Gasteiger partial charge < -0.3 is 5.32 Å². The van der Waals surface area contributed by atoms with Crippen LogP contribution in [0.1, 0.15) is 13.3 Å². The van der Waals surface area contributed by atoms with Crippen LogP contribution in [0.5, 0.6) is 0 Å². The van der Waals surface area contributed by atoms with Gasteiger partial charge in [-0.25, -0.2) is 8.42 Å². The Labute approximate surface area is 130 Å². The fourth-order valence-electron chi connectivity index (χ4n) is 1.96. The minimum absolute atomic E-state index is 0.280. The number of hydrogen-bond donors (Lipinski definition) is 1. The molecule has 0 aliphatic carbocycles. The van der Waals surface area contributed by atoms with Gasteiger partial charge in [-0.2, -0.15) is 0 Å². The maximum absolute atomic E-state index is 12.2. The van der Waals surface area contributed by atoms with Crippen LogP contribution in [0.3, 0.4) is 0 Å². The molecule has 0 aromatic heterocycles. The number of amides is 1. The van der Waals surface area contributed by atoms with Gasteiger partial charge in [0.05, 0.1) is 11.9 Å². The van der Waals surface area contributed by atoms with E-state index in [2.05, 4.69) is 11.9 Å². The zero-order chi connectivity index (χ0) is 16.0. The summed E-state index contributed by atoms with van der Waals surface area (Å²) in [6.07, 6.45) is 2.94. The van der Waals surface area contributed by atoms with Crippen molar-refractivity contribution in [3.63, 3.8) is 0 Å². The van der Waals surface area contributed by atoms with Crippen LogP contribution in [0, 0.1) is 0 Å². The third kappa shape index (κ3) is 4.75. The van der Waals surface area contributed by atoms with E-state index in [4.69, 9.17) is 11.6 Å². The van der Waals surface area contributed by atoms with E-state index in [1.807, 2.05) is 0 Å². The molecule has 1 aromatic rings. The summed E-state index contributed by atoms with van der Waals surface area (Å²) in [5.74, 6) is -0.372. The zero-order valence-corrected chi connectivity index (χ0v) is 13.6. The van der Waals surface area contributed by atoms with Gasteiger partial charge in [-0.05, 0) is 24.6 Å². The highest BCUT2D eigenvalue weighted by atomic mass is 35.5. The van der Waals surface area contributed by atoms with Crippen molar-refractivity contribution in [2.45, 2.75) is 19.4 Å². The van der Waals surface area contributed by atoms with Crippen LogP contribution in [-0.4, -0.2) is 33.2 Å². The summed E-state index contributed by atoms with van der Waals surface area (Å²) < 4.78 is 25.3. The Bertz CT molecular complexity index is 616. The van der Waals surface area contributed by atoms with Gasteiger partial charge in [0.25, 0.3) is 0 Å². The molecule has 1 rings (SSSR count). The quantitative estimate of drug-likeness (QED) is 0.779. The lowest BCUT2D eigenvalue weighted by atomic mass is 10.2. The average molecular weight is 331 g/mol. The van der Waals surface area contributed by atoms with Gasteiger partial charge in [0.1, 0.15) is 6.04 Å². The van der Waals surface area contributed by atoms with Crippen molar-refractivity contribution < 1.29 is 13.2 Å². The van der Waals surface area contributed by atoms with Gasteiger partial charge in [-0.15, -0.1) is 6.58 Å². The van der Waals surface area contributed by atoms with Crippen molar-refractivity contribution >= 4 is 33.2 Å². The number of anilines is 1. The fraction of sp³-hybridized carbons (Fsp3) is 0.357. The van der Waals surface area contributed by atoms with Gasteiger partial charge in [0, 0.05) is 11.6 Å². The van der Waals surface area contributed by atoms with Crippen LogP contribution in [0.4, 0.5) is 5.69 Å². The third-order valence-corrected chi connectivity index (χ3v) is 4.23. The fourth-order valence-corrected chi connectivity index (χ4v) is 3.35. The largest absolute Gasteiger partial charge is 0.351 e. The molecular formula is C14H19ClN2O3S. The van der Waals surface area contributed by atoms with E-state index in [1.54, 1.807) is 25.1 Å². The number of hydrogen-bond acceptors (Lipinski definition) is 3. The minimum atomic E-state index is -3.63. The van der Waals surface area contributed by atoms with Crippen LogP contribution in [0.15, 0.2) is 36.9 Å². The van der Waals surface area contributed by atoms with Crippen LogP contribution >= 0.6 is 11.6 Å². The van der Waals surface area contributed by atoms with Crippen molar-refractivity contribution in [3.8, 4) is 0 Å². The summed E-state index contributed by atoms with van der Waals surface area (Å²) in [6.45, 7) is 5.55. The third-order valence-electron chi connectivity index (χ3n) is 2.81. The molecule has 1 aromatic carbocycles. The first-order valence-corrected chi connectivity index (χ1v) is 8.67. The predicted octanol–water partition coefficient (Wildman–Crippen LogP) is 2.19. The Morgan fingerprint density at radius 2 is 2.19 bits per heavy atom. The first-order valence-electron chi connectivity index (χ1n) is 6.44. The molecule has 0 radical (unpaired) electrons. The highest BCUT2D eigenvalue weighted by Crippen LogP contribution is 2.25. The maximum Gasteiger partial charge on any atom is 0.244 e. The first kappa shape index (κ1) is 17.5. The van der Waals surface area contributed by atoms with Gasteiger partial charge in [-0.3, -0.25) is 9.10 Å². The predicted molar refractivity (Wildman–Crippen MR) is 86.1 cm³/mol. The summed E-state index contributed by atoms with van der Waals surface area (Å²) in [5, 5.41) is 3.03. The standard InChI is InChI=1S/C14H19ClN2O3S/c1-4-9-16-14(18)13(5-2)17(21(3,19)20)12-8-6-7-11(15)10-12/h4,6-8,10,13H,1,5,9H2,2-3H3,(H,16,18)/t13-/m1/s1. The monoisotopic (exact) mass is 330 g/mol. The number of carbonyl (C=O) groups excluding carboxylic acids is 1. The smallest absolute Gasteiger partial charge is 0.244 e. The Balaban J connectivity index is 3.24. The molecule has 0 saturated heterocycles. The second kappa shape index (κ2) is 7.47. The molecule has 5 nitrogen and oxygen atoms in total. The number of sulfonamides is 1. The van der Waals surface area contributed by atoms with Crippen molar-refractivity contribution in [1.29, 1.82) is 0 Å². The van der Waals surface area contributed by atoms with Gasteiger partial charge in [0.2, 0.25) is 15.9 Å². The zero-order valence-electron chi connectivity index (χ0n) is 12.0.